The van der Waals surface area contributed by atoms with Crippen LogP contribution in [-0.4, -0.2) is 10.1 Å². The summed E-state index contributed by atoms with van der Waals surface area (Å²) in [6, 6.07) is 5.92. The van der Waals surface area contributed by atoms with Gasteiger partial charge in [0.2, 0.25) is 0 Å². The number of aliphatic hydroxyl groups excluding tert-OH is 1. The standard InChI is InChI=1S/C13H10F3NO/c14-9-2-4-12(17-7-9)13(18)6-8-1-3-10(15)11(16)5-8/h1-5,7,13,18H,6H2. The van der Waals surface area contributed by atoms with Gasteiger partial charge in [0.25, 0.3) is 0 Å². The molecule has 1 atom stereocenters. The van der Waals surface area contributed by atoms with Crippen LogP contribution in [0.3, 0.4) is 0 Å². The summed E-state index contributed by atoms with van der Waals surface area (Å²) in [5.41, 5.74) is 0.716. The van der Waals surface area contributed by atoms with Gasteiger partial charge in [-0.15, -0.1) is 0 Å². The topological polar surface area (TPSA) is 33.1 Å². The molecule has 1 unspecified atom stereocenters. The second kappa shape index (κ2) is 5.18. The van der Waals surface area contributed by atoms with Crippen LogP contribution in [0.15, 0.2) is 36.5 Å². The van der Waals surface area contributed by atoms with Gasteiger partial charge in [-0.3, -0.25) is 4.98 Å². The minimum atomic E-state index is -0.990. The molecule has 0 amide bonds. The molecule has 1 N–H and O–H groups in total. The van der Waals surface area contributed by atoms with Crippen molar-refractivity contribution in [2.75, 3.05) is 0 Å². The van der Waals surface area contributed by atoms with Gasteiger partial charge in [0, 0.05) is 6.42 Å². The molecule has 0 spiro atoms. The second-order valence-corrected chi connectivity index (χ2v) is 3.87. The Labute approximate surface area is 102 Å². The van der Waals surface area contributed by atoms with E-state index in [1.54, 1.807) is 0 Å². The first-order valence-corrected chi connectivity index (χ1v) is 5.29. The summed E-state index contributed by atoms with van der Waals surface area (Å²) in [6.45, 7) is 0. The largest absolute Gasteiger partial charge is 0.386 e. The van der Waals surface area contributed by atoms with E-state index in [4.69, 9.17) is 0 Å². The lowest BCUT2D eigenvalue weighted by Gasteiger charge is -2.10. The Bertz CT molecular complexity index is 542. The molecule has 2 rings (SSSR count). The van der Waals surface area contributed by atoms with E-state index >= 15 is 0 Å². The van der Waals surface area contributed by atoms with Crippen LogP contribution < -0.4 is 0 Å². The normalized spacial score (nSPS) is 12.4. The predicted octanol–water partition coefficient (Wildman–Crippen LogP) is 2.78. The van der Waals surface area contributed by atoms with Crippen molar-refractivity contribution in [3.8, 4) is 0 Å². The minimum absolute atomic E-state index is 0.0792. The van der Waals surface area contributed by atoms with Gasteiger partial charge in [0.05, 0.1) is 18.0 Å². The number of pyridine rings is 1. The molecule has 0 radical (unpaired) electrons. The molecule has 0 aliphatic carbocycles. The quantitative estimate of drug-likeness (QED) is 0.912. The Morgan fingerprint density at radius 1 is 1.06 bits per heavy atom. The van der Waals surface area contributed by atoms with Gasteiger partial charge >= 0.3 is 0 Å². The first-order valence-electron chi connectivity index (χ1n) is 5.29. The van der Waals surface area contributed by atoms with Gasteiger partial charge < -0.3 is 5.11 Å². The van der Waals surface area contributed by atoms with Gasteiger partial charge in [-0.05, 0) is 29.8 Å². The number of hydrogen-bond acceptors (Lipinski definition) is 2. The van der Waals surface area contributed by atoms with E-state index in [-0.39, 0.29) is 12.1 Å². The van der Waals surface area contributed by atoms with Crippen molar-refractivity contribution in [2.24, 2.45) is 0 Å². The zero-order chi connectivity index (χ0) is 13.1. The summed E-state index contributed by atoms with van der Waals surface area (Å²) < 4.78 is 38.3. The van der Waals surface area contributed by atoms with Crippen molar-refractivity contribution < 1.29 is 18.3 Å². The fraction of sp³-hybridized carbons (Fsp3) is 0.154. The molecule has 0 saturated carbocycles. The van der Waals surface area contributed by atoms with Crippen molar-refractivity contribution in [3.05, 3.63) is 65.2 Å². The summed E-state index contributed by atoms with van der Waals surface area (Å²) in [7, 11) is 0. The lowest BCUT2D eigenvalue weighted by molar-refractivity contribution is 0.173. The summed E-state index contributed by atoms with van der Waals surface area (Å²) in [5, 5.41) is 9.82. The molecule has 0 aliphatic rings. The maximum atomic E-state index is 13.0. The Morgan fingerprint density at radius 3 is 2.44 bits per heavy atom. The number of aromatic nitrogens is 1. The predicted molar refractivity (Wildman–Crippen MR) is 59.2 cm³/mol. The third kappa shape index (κ3) is 2.87. The lowest BCUT2D eigenvalue weighted by atomic mass is 10.1. The van der Waals surface area contributed by atoms with Crippen molar-refractivity contribution in [1.82, 2.24) is 4.98 Å². The minimum Gasteiger partial charge on any atom is -0.386 e. The van der Waals surface area contributed by atoms with Crippen LogP contribution in [0.4, 0.5) is 13.2 Å². The van der Waals surface area contributed by atoms with Crippen molar-refractivity contribution in [1.29, 1.82) is 0 Å². The number of halogens is 3. The molecule has 18 heavy (non-hydrogen) atoms. The van der Waals surface area contributed by atoms with Gasteiger partial charge in [0.1, 0.15) is 5.82 Å². The highest BCUT2D eigenvalue weighted by molar-refractivity contribution is 5.20. The van der Waals surface area contributed by atoms with Crippen molar-refractivity contribution >= 4 is 0 Å². The Hall–Kier alpha value is -1.88. The van der Waals surface area contributed by atoms with E-state index in [9.17, 15) is 18.3 Å². The molecule has 94 valence electrons. The highest BCUT2D eigenvalue weighted by Gasteiger charge is 2.11. The maximum absolute atomic E-state index is 13.0. The summed E-state index contributed by atoms with van der Waals surface area (Å²) in [5.74, 6) is -2.40. The van der Waals surface area contributed by atoms with Crippen LogP contribution in [0.25, 0.3) is 0 Å². The average Bonchev–Trinajstić information content (AvgIpc) is 2.34. The molecule has 1 aromatic heterocycles. The van der Waals surface area contributed by atoms with Crippen molar-refractivity contribution in [3.63, 3.8) is 0 Å². The molecule has 2 nitrogen and oxygen atoms in total. The van der Waals surface area contributed by atoms with E-state index in [0.717, 1.165) is 18.3 Å². The highest BCUT2D eigenvalue weighted by Crippen LogP contribution is 2.18. The first kappa shape index (κ1) is 12.6. The van der Waals surface area contributed by atoms with Crippen molar-refractivity contribution in [2.45, 2.75) is 12.5 Å². The van der Waals surface area contributed by atoms with Gasteiger partial charge in [-0.2, -0.15) is 0 Å². The maximum Gasteiger partial charge on any atom is 0.159 e. The Kier molecular flexibility index (Phi) is 3.62. The Morgan fingerprint density at radius 2 is 1.83 bits per heavy atom. The zero-order valence-corrected chi connectivity index (χ0v) is 9.28. The van der Waals surface area contributed by atoms with Crippen LogP contribution in [0.5, 0.6) is 0 Å². The number of nitrogens with zero attached hydrogens (tertiary/aromatic N) is 1. The fourth-order valence-corrected chi connectivity index (χ4v) is 1.58. The van der Waals surface area contributed by atoms with E-state index in [1.165, 1.54) is 18.2 Å². The smallest absolute Gasteiger partial charge is 0.159 e. The third-order valence-electron chi connectivity index (χ3n) is 2.50. The fourth-order valence-electron chi connectivity index (χ4n) is 1.58. The zero-order valence-electron chi connectivity index (χ0n) is 9.28. The van der Waals surface area contributed by atoms with Gasteiger partial charge in [-0.25, -0.2) is 13.2 Å². The molecule has 5 heteroatoms. The molecule has 0 bridgehead atoms. The summed E-state index contributed by atoms with van der Waals surface area (Å²) >= 11 is 0. The molecule has 0 saturated heterocycles. The summed E-state index contributed by atoms with van der Waals surface area (Å²) in [6.07, 6.45) is 0.0788. The van der Waals surface area contributed by atoms with E-state index in [1.807, 2.05) is 0 Å². The Balaban J connectivity index is 2.13. The second-order valence-electron chi connectivity index (χ2n) is 3.87. The molecule has 1 heterocycles. The number of hydrogen-bond donors (Lipinski definition) is 1. The molecule has 0 aliphatic heterocycles. The molecule has 0 fully saturated rings. The van der Waals surface area contributed by atoms with E-state index in [2.05, 4.69) is 4.98 Å². The van der Waals surface area contributed by atoms with E-state index < -0.39 is 23.6 Å². The molecular formula is C13H10F3NO. The van der Waals surface area contributed by atoms with Crippen LogP contribution in [0.2, 0.25) is 0 Å². The molecular weight excluding hydrogens is 243 g/mol. The number of benzene rings is 1. The van der Waals surface area contributed by atoms with Crippen LogP contribution in [0.1, 0.15) is 17.4 Å². The van der Waals surface area contributed by atoms with E-state index in [0.29, 0.717) is 5.56 Å². The highest BCUT2D eigenvalue weighted by atomic mass is 19.2. The molecule has 2 aromatic rings. The van der Waals surface area contributed by atoms with Gasteiger partial charge in [0.15, 0.2) is 11.6 Å². The lowest BCUT2D eigenvalue weighted by Crippen LogP contribution is -2.04. The number of rotatable bonds is 3. The van der Waals surface area contributed by atoms with Crippen LogP contribution in [-0.2, 0) is 6.42 Å². The third-order valence-corrected chi connectivity index (χ3v) is 2.50. The number of aliphatic hydroxyl groups is 1. The van der Waals surface area contributed by atoms with Gasteiger partial charge in [-0.1, -0.05) is 6.07 Å². The first-order chi connectivity index (χ1) is 8.56. The van der Waals surface area contributed by atoms with Crippen LogP contribution >= 0.6 is 0 Å². The molecule has 1 aromatic carbocycles. The summed E-state index contributed by atoms with van der Waals surface area (Å²) in [4.78, 5) is 3.72. The average molecular weight is 253 g/mol. The SMILES string of the molecule is OC(Cc1ccc(F)c(F)c1)c1ccc(F)cn1. The van der Waals surface area contributed by atoms with Crippen LogP contribution in [0, 0.1) is 17.5 Å². The monoisotopic (exact) mass is 253 g/mol.